The predicted octanol–water partition coefficient (Wildman–Crippen LogP) is 6.64. The molecule has 1 heterocycles. The van der Waals surface area contributed by atoms with E-state index in [0.29, 0.717) is 54.9 Å². The highest BCUT2D eigenvalue weighted by molar-refractivity contribution is 8.27. The van der Waals surface area contributed by atoms with Crippen molar-refractivity contribution >= 4 is 63.3 Å². The average Bonchev–Trinajstić information content (AvgIpc) is 3.16. The van der Waals surface area contributed by atoms with Gasteiger partial charge in [0.25, 0.3) is 11.6 Å². The van der Waals surface area contributed by atoms with Gasteiger partial charge in [-0.25, -0.2) is 0 Å². The summed E-state index contributed by atoms with van der Waals surface area (Å²) in [7, 11) is 1.52. The van der Waals surface area contributed by atoms with Crippen molar-refractivity contribution in [2.45, 2.75) is 13.5 Å². The number of thiocarbonyl (C=S) groups is 1. The van der Waals surface area contributed by atoms with Crippen LogP contribution in [-0.2, 0) is 11.4 Å². The Hall–Kier alpha value is -3.60. The summed E-state index contributed by atoms with van der Waals surface area (Å²) in [5.41, 5.74) is 1.68. The third-order valence-electron chi connectivity index (χ3n) is 5.32. The quantitative estimate of drug-likeness (QED) is 0.125. The highest BCUT2D eigenvalue weighted by atomic mass is 35.5. The Bertz CT molecular complexity index is 1410. The molecule has 0 N–H and O–H groups in total. The SMILES string of the molecule is CCOc1cc(/C=C2/SC(=S)N(c3ccc(OC)c(Cl)c3)C2=O)ccc1OCc1ccccc1[N+](=O)[O-]. The molecule has 0 bridgehead atoms. The fourth-order valence-electron chi connectivity index (χ4n) is 3.60. The molecule has 37 heavy (non-hydrogen) atoms. The molecule has 8 nitrogen and oxygen atoms in total. The zero-order valence-electron chi connectivity index (χ0n) is 19.8. The van der Waals surface area contributed by atoms with Crippen molar-refractivity contribution in [3.05, 3.63) is 91.8 Å². The van der Waals surface area contributed by atoms with Gasteiger partial charge in [0.1, 0.15) is 12.4 Å². The topological polar surface area (TPSA) is 91.1 Å². The number of nitro benzene ring substituents is 1. The second-order valence-corrected chi connectivity index (χ2v) is 9.73. The van der Waals surface area contributed by atoms with Crippen LogP contribution in [0.4, 0.5) is 11.4 Å². The van der Waals surface area contributed by atoms with Crippen molar-refractivity contribution in [3.63, 3.8) is 0 Å². The van der Waals surface area contributed by atoms with Gasteiger partial charge in [-0.15, -0.1) is 0 Å². The molecule has 1 aliphatic heterocycles. The molecule has 0 radical (unpaired) electrons. The second-order valence-electron chi connectivity index (χ2n) is 7.65. The number of rotatable bonds is 9. The summed E-state index contributed by atoms with van der Waals surface area (Å²) in [6.45, 7) is 2.22. The lowest BCUT2D eigenvalue weighted by molar-refractivity contribution is -0.385. The van der Waals surface area contributed by atoms with Crippen molar-refractivity contribution in [2.75, 3.05) is 18.6 Å². The number of hydrogen-bond donors (Lipinski definition) is 0. The lowest BCUT2D eigenvalue weighted by Crippen LogP contribution is -2.27. The average molecular weight is 557 g/mol. The van der Waals surface area contributed by atoms with Crippen molar-refractivity contribution < 1.29 is 23.9 Å². The summed E-state index contributed by atoms with van der Waals surface area (Å²) in [6, 6.07) is 16.6. The summed E-state index contributed by atoms with van der Waals surface area (Å²) in [4.78, 5) is 25.9. The molecule has 0 spiro atoms. The molecule has 190 valence electrons. The van der Waals surface area contributed by atoms with Crippen molar-refractivity contribution in [3.8, 4) is 17.2 Å². The summed E-state index contributed by atoms with van der Waals surface area (Å²) in [5, 5.41) is 11.7. The molecule has 1 amide bonds. The van der Waals surface area contributed by atoms with Crippen LogP contribution in [0.2, 0.25) is 5.02 Å². The van der Waals surface area contributed by atoms with Crippen LogP contribution in [0.3, 0.4) is 0 Å². The fourth-order valence-corrected chi connectivity index (χ4v) is 5.16. The Morgan fingerprint density at radius 1 is 1.08 bits per heavy atom. The van der Waals surface area contributed by atoms with Gasteiger partial charge < -0.3 is 14.2 Å². The van der Waals surface area contributed by atoms with E-state index in [1.807, 2.05) is 6.92 Å². The van der Waals surface area contributed by atoms with E-state index in [9.17, 15) is 14.9 Å². The number of hydrogen-bond acceptors (Lipinski definition) is 8. The Balaban J connectivity index is 1.56. The maximum absolute atomic E-state index is 13.2. The smallest absolute Gasteiger partial charge is 0.276 e. The van der Waals surface area contributed by atoms with Crippen LogP contribution >= 0.6 is 35.6 Å². The maximum Gasteiger partial charge on any atom is 0.276 e. The van der Waals surface area contributed by atoms with E-state index in [1.165, 1.54) is 29.8 Å². The van der Waals surface area contributed by atoms with Gasteiger partial charge in [-0.3, -0.25) is 19.8 Å². The van der Waals surface area contributed by atoms with E-state index in [0.717, 1.165) is 0 Å². The fraction of sp³-hybridized carbons (Fsp3) is 0.154. The molecule has 0 aromatic heterocycles. The zero-order valence-corrected chi connectivity index (χ0v) is 22.2. The Morgan fingerprint density at radius 3 is 2.54 bits per heavy atom. The van der Waals surface area contributed by atoms with E-state index >= 15 is 0 Å². The summed E-state index contributed by atoms with van der Waals surface area (Å²) in [6.07, 6.45) is 1.72. The molecule has 1 aliphatic rings. The minimum Gasteiger partial charge on any atom is -0.495 e. The largest absolute Gasteiger partial charge is 0.495 e. The minimum atomic E-state index is -0.443. The molecule has 1 saturated heterocycles. The molecular formula is C26H21ClN2O6S2. The third kappa shape index (κ3) is 5.87. The summed E-state index contributed by atoms with van der Waals surface area (Å²) in [5.74, 6) is 1.11. The molecule has 1 fully saturated rings. The molecule has 3 aromatic rings. The van der Waals surface area contributed by atoms with Gasteiger partial charge in [-0.1, -0.05) is 53.8 Å². The van der Waals surface area contributed by atoms with Crippen molar-refractivity contribution in [2.24, 2.45) is 0 Å². The van der Waals surface area contributed by atoms with Gasteiger partial charge in [-0.05, 0) is 55.0 Å². The van der Waals surface area contributed by atoms with Gasteiger partial charge >= 0.3 is 0 Å². The van der Waals surface area contributed by atoms with Crippen LogP contribution in [0.5, 0.6) is 17.2 Å². The number of anilines is 1. The first kappa shape index (κ1) is 26.5. The molecule has 0 atom stereocenters. The Labute approximate surface area is 227 Å². The molecule has 0 unspecified atom stereocenters. The predicted molar refractivity (Wildman–Crippen MR) is 149 cm³/mol. The van der Waals surface area contributed by atoms with E-state index in [2.05, 4.69) is 0 Å². The monoisotopic (exact) mass is 556 g/mol. The van der Waals surface area contributed by atoms with E-state index < -0.39 is 4.92 Å². The summed E-state index contributed by atoms with van der Waals surface area (Å²) < 4.78 is 17.2. The first-order chi connectivity index (χ1) is 17.8. The number of para-hydroxylation sites is 1. The number of nitro groups is 1. The first-order valence-corrected chi connectivity index (χ1v) is 12.7. The highest BCUT2D eigenvalue weighted by Crippen LogP contribution is 2.39. The first-order valence-electron chi connectivity index (χ1n) is 11.1. The maximum atomic E-state index is 13.2. The van der Waals surface area contributed by atoms with Crippen LogP contribution < -0.4 is 19.1 Å². The molecule has 0 saturated carbocycles. The lowest BCUT2D eigenvalue weighted by Gasteiger charge is -2.15. The highest BCUT2D eigenvalue weighted by Gasteiger charge is 2.33. The number of nitrogens with zero attached hydrogens (tertiary/aromatic N) is 2. The molecule has 3 aromatic carbocycles. The van der Waals surface area contributed by atoms with Gasteiger partial charge in [0, 0.05) is 6.07 Å². The van der Waals surface area contributed by atoms with Crippen LogP contribution in [0.15, 0.2) is 65.6 Å². The van der Waals surface area contributed by atoms with Crippen LogP contribution in [-0.4, -0.2) is 28.9 Å². The zero-order chi connectivity index (χ0) is 26.5. The summed E-state index contributed by atoms with van der Waals surface area (Å²) >= 11 is 12.9. The second kappa shape index (κ2) is 11.6. The van der Waals surface area contributed by atoms with Crippen LogP contribution in [0.25, 0.3) is 6.08 Å². The van der Waals surface area contributed by atoms with Crippen LogP contribution in [0.1, 0.15) is 18.1 Å². The van der Waals surface area contributed by atoms with Gasteiger partial charge in [0.2, 0.25) is 0 Å². The standard InChI is InChI=1S/C26H21ClN2O6S2/c1-3-34-23-12-16(8-10-22(23)35-15-17-6-4-5-7-20(17)29(31)32)13-24-25(30)28(26(36)37-24)18-9-11-21(33-2)19(27)14-18/h4-14H,3,15H2,1-2H3/b24-13+. The normalized spacial score (nSPS) is 14.2. The molecule has 0 aliphatic carbocycles. The number of ether oxygens (including phenoxy) is 3. The molecular weight excluding hydrogens is 536 g/mol. The van der Waals surface area contributed by atoms with E-state index in [1.54, 1.807) is 60.7 Å². The third-order valence-corrected chi connectivity index (χ3v) is 6.92. The number of halogens is 1. The van der Waals surface area contributed by atoms with E-state index in [4.69, 9.17) is 38.0 Å². The van der Waals surface area contributed by atoms with Gasteiger partial charge in [-0.2, -0.15) is 0 Å². The number of benzene rings is 3. The van der Waals surface area contributed by atoms with Gasteiger partial charge in [0.15, 0.2) is 15.8 Å². The Kier molecular flexibility index (Phi) is 8.32. The molecule has 4 rings (SSSR count). The number of methoxy groups -OCH3 is 1. The van der Waals surface area contributed by atoms with E-state index in [-0.39, 0.29) is 18.2 Å². The lowest BCUT2D eigenvalue weighted by atomic mass is 10.1. The number of amides is 1. The minimum absolute atomic E-state index is 0.000345. The van der Waals surface area contributed by atoms with Crippen LogP contribution in [0, 0.1) is 10.1 Å². The number of carbonyl (C=O) groups is 1. The van der Waals surface area contributed by atoms with Crippen molar-refractivity contribution in [1.82, 2.24) is 0 Å². The van der Waals surface area contributed by atoms with Gasteiger partial charge in [0.05, 0.1) is 39.8 Å². The number of carbonyl (C=O) groups excluding carboxylic acids is 1. The van der Waals surface area contributed by atoms with Crippen molar-refractivity contribution in [1.29, 1.82) is 0 Å². The molecule has 11 heteroatoms. The Morgan fingerprint density at radius 2 is 1.84 bits per heavy atom. The number of thioether (sulfide) groups is 1.